The number of carbonyl (C=O) groups is 6. The van der Waals surface area contributed by atoms with Gasteiger partial charge in [-0.2, -0.15) is 0 Å². The zero-order valence-electron chi connectivity index (χ0n) is 26.3. The van der Waals surface area contributed by atoms with Crippen molar-refractivity contribution >= 4 is 35.5 Å². The predicted octanol–water partition coefficient (Wildman–Crippen LogP) is 1.13. The van der Waals surface area contributed by atoms with Crippen LogP contribution in [0.1, 0.15) is 75.2 Å². The number of ketones is 1. The Morgan fingerprint density at radius 2 is 1.64 bits per heavy atom. The maximum atomic E-state index is 14.0. The van der Waals surface area contributed by atoms with Crippen LogP contribution in [-0.2, 0) is 28.7 Å². The van der Waals surface area contributed by atoms with Gasteiger partial charge in [0.1, 0.15) is 17.7 Å². The van der Waals surface area contributed by atoms with Crippen molar-refractivity contribution in [2.75, 3.05) is 19.6 Å². The second kappa shape index (κ2) is 13.1. The van der Waals surface area contributed by atoms with Crippen molar-refractivity contribution in [1.29, 1.82) is 0 Å². The van der Waals surface area contributed by atoms with Gasteiger partial charge in [0.15, 0.2) is 0 Å². The summed E-state index contributed by atoms with van der Waals surface area (Å²) in [6, 6.07) is -3.03. The SMILES string of the molecule is C#CCNC(=O)CNC(=O)C(=O)[C@H](CCC)NC(=O)[C@@H]1[C@@H]2[C@H](CN1C(=O)[C@@H](NC(=O)OC(C)(C)C)C(C)(C)C)C2(C)C. The van der Waals surface area contributed by atoms with Crippen molar-refractivity contribution in [2.24, 2.45) is 22.7 Å². The zero-order chi connectivity index (χ0) is 32.2. The zero-order valence-corrected chi connectivity index (χ0v) is 26.3. The molecule has 1 aliphatic carbocycles. The van der Waals surface area contributed by atoms with Crippen molar-refractivity contribution in [1.82, 2.24) is 26.2 Å². The maximum Gasteiger partial charge on any atom is 0.408 e. The molecule has 0 bridgehead atoms. The molecule has 0 unspecified atom stereocenters. The van der Waals surface area contributed by atoms with E-state index in [2.05, 4.69) is 27.2 Å². The summed E-state index contributed by atoms with van der Waals surface area (Å²) in [5.74, 6) is -1.29. The summed E-state index contributed by atoms with van der Waals surface area (Å²) in [7, 11) is 0. The van der Waals surface area contributed by atoms with Crippen LogP contribution in [0.4, 0.5) is 4.79 Å². The van der Waals surface area contributed by atoms with Gasteiger partial charge in [-0.05, 0) is 49.9 Å². The smallest absolute Gasteiger partial charge is 0.408 e. The molecule has 1 aliphatic heterocycles. The quantitative estimate of drug-likeness (QED) is 0.207. The molecule has 234 valence electrons. The predicted molar refractivity (Wildman–Crippen MR) is 156 cm³/mol. The Morgan fingerprint density at radius 3 is 2.17 bits per heavy atom. The van der Waals surface area contributed by atoms with E-state index in [4.69, 9.17) is 11.2 Å². The minimum absolute atomic E-state index is 0.0182. The van der Waals surface area contributed by atoms with Crippen molar-refractivity contribution in [2.45, 2.75) is 98.9 Å². The number of amides is 5. The van der Waals surface area contributed by atoms with Crippen LogP contribution in [0.25, 0.3) is 0 Å². The second-order valence-electron chi connectivity index (χ2n) is 13.7. The van der Waals surface area contributed by atoms with Crippen LogP contribution in [0.2, 0.25) is 0 Å². The summed E-state index contributed by atoms with van der Waals surface area (Å²) in [6.07, 6.45) is 5.03. The molecule has 0 aromatic rings. The monoisotopic (exact) mass is 589 g/mol. The Morgan fingerprint density at radius 1 is 1.02 bits per heavy atom. The average Bonchev–Trinajstić information content (AvgIpc) is 3.19. The highest BCUT2D eigenvalue weighted by molar-refractivity contribution is 6.38. The van der Waals surface area contributed by atoms with E-state index in [-0.39, 0.29) is 30.2 Å². The molecule has 4 N–H and O–H groups in total. The first kappa shape index (κ1) is 34.6. The fraction of sp³-hybridized carbons (Fsp3) is 0.733. The Hall–Kier alpha value is -3.62. The molecule has 12 nitrogen and oxygen atoms in total. The second-order valence-corrected chi connectivity index (χ2v) is 13.7. The van der Waals surface area contributed by atoms with E-state index < -0.39 is 71.2 Å². The standard InChI is InChI=1S/C30H47N5O7/c1-11-13-18(22(37)25(39)32-15-19(36)31-14-12-2)33-24(38)21-20-17(30(20,9)10)16-35(21)26(40)23(28(3,4)5)34-27(41)42-29(6,7)8/h2,17-18,20-21,23H,11,13-16H2,1,3-10H3,(H,31,36)(H,32,39)(H,33,38)(H,34,41)/t17-,18-,20-,21-,23+/m0/s1. The molecule has 0 aromatic heterocycles. The number of likely N-dealkylation sites (tertiary alicyclic amines) is 1. The lowest BCUT2D eigenvalue weighted by Gasteiger charge is -2.38. The molecule has 1 heterocycles. The van der Waals surface area contributed by atoms with Gasteiger partial charge in [0.25, 0.3) is 5.91 Å². The highest BCUT2D eigenvalue weighted by atomic mass is 16.6. The summed E-state index contributed by atoms with van der Waals surface area (Å²) < 4.78 is 5.39. The number of nitrogens with zero attached hydrogens (tertiary/aromatic N) is 1. The largest absolute Gasteiger partial charge is 0.444 e. The van der Waals surface area contributed by atoms with Gasteiger partial charge in [-0.25, -0.2) is 4.79 Å². The number of nitrogens with one attached hydrogen (secondary N) is 4. The number of hydrogen-bond donors (Lipinski definition) is 4. The number of hydrogen-bond acceptors (Lipinski definition) is 7. The lowest BCUT2D eigenvalue weighted by atomic mass is 9.85. The lowest BCUT2D eigenvalue weighted by Crippen LogP contribution is -2.60. The van der Waals surface area contributed by atoms with Gasteiger partial charge in [-0.15, -0.1) is 6.42 Å². The molecule has 2 rings (SSSR count). The Bertz CT molecular complexity index is 1130. The first-order chi connectivity index (χ1) is 19.3. The van der Waals surface area contributed by atoms with Crippen molar-refractivity contribution in [3.8, 4) is 12.3 Å². The van der Waals surface area contributed by atoms with Crippen LogP contribution < -0.4 is 21.3 Å². The number of terminal acetylenes is 1. The Balaban J connectivity index is 2.24. The van der Waals surface area contributed by atoms with Crippen LogP contribution in [-0.4, -0.2) is 83.8 Å². The molecule has 1 saturated heterocycles. The third-order valence-electron chi connectivity index (χ3n) is 7.77. The van der Waals surface area contributed by atoms with Crippen LogP contribution in [0.15, 0.2) is 0 Å². The molecule has 42 heavy (non-hydrogen) atoms. The summed E-state index contributed by atoms with van der Waals surface area (Å²) in [5, 5.41) is 10.0. The number of piperidine rings is 1. The van der Waals surface area contributed by atoms with Gasteiger partial charge in [0.2, 0.25) is 23.5 Å². The molecule has 5 atom stereocenters. The van der Waals surface area contributed by atoms with Gasteiger partial charge < -0.3 is 30.9 Å². The minimum Gasteiger partial charge on any atom is -0.444 e. The van der Waals surface area contributed by atoms with Crippen molar-refractivity contribution in [3.05, 3.63) is 0 Å². The number of rotatable bonds is 11. The molecule has 0 spiro atoms. The highest BCUT2D eigenvalue weighted by Crippen LogP contribution is 2.65. The third kappa shape index (κ3) is 8.46. The van der Waals surface area contributed by atoms with E-state index in [1.54, 1.807) is 27.7 Å². The van der Waals surface area contributed by atoms with Crippen molar-refractivity contribution in [3.63, 3.8) is 0 Å². The molecule has 2 aliphatic rings. The summed E-state index contributed by atoms with van der Waals surface area (Å²) in [6.45, 7) is 16.3. The van der Waals surface area contributed by atoms with Crippen LogP contribution in [0.3, 0.4) is 0 Å². The lowest BCUT2D eigenvalue weighted by molar-refractivity contribution is -0.145. The Labute approximate surface area is 248 Å². The van der Waals surface area contributed by atoms with Crippen LogP contribution in [0.5, 0.6) is 0 Å². The molecule has 12 heteroatoms. The Kier molecular flexibility index (Phi) is 10.8. The number of Topliss-reactive ketones (excluding diaryl/α,β-unsaturated/α-hetero) is 1. The summed E-state index contributed by atoms with van der Waals surface area (Å²) >= 11 is 0. The van der Waals surface area contributed by atoms with E-state index in [1.807, 2.05) is 34.6 Å². The van der Waals surface area contributed by atoms with E-state index in [0.717, 1.165) is 0 Å². The van der Waals surface area contributed by atoms with E-state index >= 15 is 0 Å². The first-order valence-corrected chi connectivity index (χ1v) is 14.4. The molecule has 0 radical (unpaired) electrons. The van der Waals surface area contributed by atoms with Crippen LogP contribution >= 0.6 is 0 Å². The van der Waals surface area contributed by atoms with Gasteiger partial charge in [0, 0.05) is 6.54 Å². The fourth-order valence-electron chi connectivity index (χ4n) is 5.49. The molecule has 2 fully saturated rings. The highest BCUT2D eigenvalue weighted by Gasteiger charge is 2.70. The number of fused-ring (bicyclic) bond motifs is 1. The van der Waals surface area contributed by atoms with Crippen LogP contribution in [0, 0.1) is 35.0 Å². The van der Waals surface area contributed by atoms with E-state index in [9.17, 15) is 28.8 Å². The van der Waals surface area contributed by atoms with Gasteiger partial charge in [0.05, 0.1) is 19.1 Å². The molecular weight excluding hydrogens is 542 g/mol. The first-order valence-electron chi connectivity index (χ1n) is 14.4. The molecule has 0 aromatic carbocycles. The summed E-state index contributed by atoms with van der Waals surface area (Å²) in [5.41, 5.74) is -1.68. The molecule has 1 saturated carbocycles. The fourth-order valence-corrected chi connectivity index (χ4v) is 5.49. The number of alkyl carbamates (subject to hydrolysis) is 1. The van der Waals surface area contributed by atoms with Crippen molar-refractivity contribution < 1.29 is 33.5 Å². The number of carbonyl (C=O) groups excluding carboxylic acids is 6. The van der Waals surface area contributed by atoms with Gasteiger partial charge in [-0.3, -0.25) is 24.0 Å². The maximum absolute atomic E-state index is 14.0. The van der Waals surface area contributed by atoms with Gasteiger partial charge in [-0.1, -0.05) is 53.9 Å². The topological polar surface area (TPSA) is 163 Å². The average molecular weight is 590 g/mol. The van der Waals surface area contributed by atoms with E-state index in [1.165, 1.54) is 4.90 Å². The molecular formula is C30H47N5O7. The van der Waals surface area contributed by atoms with Gasteiger partial charge >= 0.3 is 6.09 Å². The molecule has 5 amide bonds. The van der Waals surface area contributed by atoms with E-state index in [0.29, 0.717) is 13.0 Å². The minimum atomic E-state index is -1.15. The summed E-state index contributed by atoms with van der Waals surface area (Å²) in [4.78, 5) is 79.1. The number of ether oxygens (including phenoxy) is 1. The normalized spacial score (nSPS) is 22.0. The third-order valence-corrected chi connectivity index (χ3v) is 7.77.